The van der Waals surface area contributed by atoms with E-state index in [1.807, 2.05) is 13.8 Å². The summed E-state index contributed by atoms with van der Waals surface area (Å²) < 4.78 is 33.7. The van der Waals surface area contributed by atoms with Crippen LogP contribution in [0.3, 0.4) is 0 Å². The predicted octanol–water partition coefficient (Wildman–Crippen LogP) is 1.52. The number of amides is 1. The summed E-state index contributed by atoms with van der Waals surface area (Å²) in [7, 11) is -1.66. The fraction of sp³-hybridized carbons (Fsp3) is 0.556. The Balaban J connectivity index is 2.04. The molecule has 1 atom stereocenters. The molecule has 1 fully saturated rings. The van der Waals surface area contributed by atoms with Gasteiger partial charge in [0.2, 0.25) is 0 Å². The zero-order valence-electron chi connectivity index (χ0n) is 15.3. The first-order valence-electron chi connectivity index (χ1n) is 8.53. The van der Waals surface area contributed by atoms with Crippen LogP contribution in [0.25, 0.3) is 0 Å². The number of rotatable bonds is 7. The molecule has 1 aromatic carbocycles. The van der Waals surface area contributed by atoms with Crippen LogP contribution in [0.5, 0.6) is 5.75 Å². The molecule has 0 N–H and O–H groups in total. The normalized spacial score (nSPS) is 18.5. The van der Waals surface area contributed by atoms with Gasteiger partial charge in [-0.3, -0.25) is 4.79 Å². The van der Waals surface area contributed by atoms with E-state index in [9.17, 15) is 18.0 Å². The fourth-order valence-corrected chi connectivity index (χ4v) is 4.70. The summed E-state index contributed by atoms with van der Waals surface area (Å²) in [5, 5.41) is 0. The van der Waals surface area contributed by atoms with Crippen LogP contribution in [0.4, 0.5) is 0 Å². The van der Waals surface area contributed by atoms with Crippen molar-refractivity contribution in [3.63, 3.8) is 0 Å². The molecule has 8 heteroatoms. The lowest BCUT2D eigenvalue weighted by molar-refractivity contribution is -0.137. The van der Waals surface area contributed by atoms with Gasteiger partial charge in [0.05, 0.1) is 18.6 Å². The monoisotopic (exact) mass is 383 g/mol. The number of hydrogen-bond donors (Lipinski definition) is 0. The summed E-state index contributed by atoms with van der Waals surface area (Å²) in [5.41, 5.74) is 0.238. The van der Waals surface area contributed by atoms with E-state index in [0.717, 1.165) is 0 Å². The molecule has 0 saturated carbocycles. The van der Waals surface area contributed by atoms with Crippen molar-refractivity contribution < 1.29 is 27.5 Å². The maximum absolute atomic E-state index is 12.6. The summed E-state index contributed by atoms with van der Waals surface area (Å²) in [6.07, 6.45) is 0.418. The number of carbonyl (C=O) groups is 2. The average molecular weight is 383 g/mol. The first-order valence-corrected chi connectivity index (χ1v) is 10.4. The smallest absolute Gasteiger partial charge is 0.342 e. The molecule has 1 aliphatic rings. The molecule has 1 aromatic rings. The Morgan fingerprint density at radius 3 is 2.54 bits per heavy atom. The number of benzene rings is 1. The second kappa shape index (κ2) is 8.53. The second-order valence-electron chi connectivity index (χ2n) is 6.77. The minimum Gasteiger partial charge on any atom is -0.496 e. The van der Waals surface area contributed by atoms with Crippen molar-refractivity contribution in [3.8, 4) is 5.75 Å². The lowest BCUT2D eigenvalue weighted by Gasteiger charge is -2.29. The fourth-order valence-electron chi connectivity index (χ4n) is 2.97. The van der Waals surface area contributed by atoms with Gasteiger partial charge in [-0.15, -0.1) is 0 Å². The third-order valence-electron chi connectivity index (χ3n) is 4.18. The van der Waals surface area contributed by atoms with Crippen LogP contribution in [-0.2, 0) is 19.4 Å². The number of carbonyl (C=O) groups excluding carboxylic acids is 2. The van der Waals surface area contributed by atoms with Gasteiger partial charge in [0, 0.05) is 12.6 Å². The number of methoxy groups -OCH3 is 1. The summed E-state index contributed by atoms with van der Waals surface area (Å²) in [5.74, 6) is -0.451. The van der Waals surface area contributed by atoms with E-state index in [0.29, 0.717) is 18.7 Å². The Bertz CT molecular complexity index is 759. The van der Waals surface area contributed by atoms with Crippen LogP contribution in [0.15, 0.2) is 24.3 Å². The van der Waals surface area contributed by atoms with Crippen LogP contribution in [0.1, 0.15) is 30.6 Å². The highest BCUT2D eigenvalue weighted by molar-refractivity contribution is 7.91. The standard InChI is InChI=1S/C18H25NO6S/c1-13(2)10-19(14-8-9-26(22,23)12-14)17(20)11-25-18(21)15-6-4-5-7-16(15)24-3/h4-7,13-14H,8-12H2,1-3H3/t14-/m1/s1. The van der Waals surface area contributed by atoms with Gasteiger partial charge in [-0.25, -0.2) is 13.2 Å². The third kappa shape index (κ3) is 5.20. The molecule has 2 rings (SSSR count). The van der Waals surface area contributed by atoms with E-state index in [1.165, 1.54) is 12.0 Å². The van der Waals surface area contributed by atoms with Crippen LogP contribution in [-0.4, -0.2) is 63.0 Å². The maximum atomic E-state index is 12.6. The van der Waals surface area contributed by atoms with Crippen molar-refractivity contribution in [1.29, 1.82) is 0 Å². The minimum absolute atomic E-state index is 0.0358. The van der Waals surface area contributed by atoms with Crippen LogP contribution in [0.2, 0.25) is 0 Å². The van der Waals surface area contributed by atoms with Crippen molar-refractivity contribution in [1.82, 2.24) is 4.90 Å². The van der Waals surface area contributed by atoms with Gasteiger partial charge in [0.1, 0.15) is 11.3 Å². The van der Waals surface area contributed by atoms with Crippen LogP contribution >= 0.6 is 0 Å². The van der Waals surface area contributed by atoms with Gasteiger partial charge in [0.25, 0.3) is 5.91 Å². The van der Waals surface area contributed by atoms with E-state index in [4.69, 9.17) is 9.47 Å². The molecular weight excluding hydrogens is 358 g/mol. The van der Waals surface area contributed by atoms with Crippen molar-refractivity contribution in [2.75, 3.05) is 31.8 Å². The van der Waals surface area contributed by atoms with E-state index in [2.05, 4.69) is 0 Å². The van der Waals surface area contributed by atoms with Gasteiger partial charge in [-0.2, -0.15) is 0 Å². The summed E-state index contributed by atoms with van der Waals surface area (Å²) in [6.45, 7) is 3.89. The molecule has 144 valence electrons. The lowest BCUT2D eigenvalue weighted by atomic mass is 10.1. The van der Waals surface area contributed by atoms with Crippen LogP contribution in [0, 0.1) is 5.92 Å². The first-order chi connectivity index (χ1) is 12.2. The van der Waals surface area contributed by atoms with Crippen molar-refractivity contribution in [2.24, 2.45) is 5.92 Å². The highest BCUT2D eigenvalue weighted by atomic mass is 32.2. The molecule has 1 saturated heterocycles. The van der Waals surface area contributed by atoms with Crippen molar-refractivity contribution >= 4 is 21.7 Å². The largest absolute Gasteiger partial charge is 0.496 e. The number of sulfone groups is 1. The predicted molar refractivity (Wildman–Crippen MR) is 96.9 cm³/mol. The molecule has 0 aliphatic carbocycles. The molecule has 0 unspecified atom stereocenters. The second-order valence-corrected chi connectivity index (χ2v) is 9.00. The first kappa shape index (κ1) is 20.2. The molecule has 7 nitrogen and oxygen atoms in total. The van der Waals surface area contributed by atoms with Gasteiger partial charge in [-0.1, -0.05) is 26.0 Å². The Labute approximate surface area is 154 Å². The highest BCUT2D eigenvalue weighted by Crippen LogP contribution is 2.21. The minimum atomic E-state index is -3.11. The zero-order chi connectivity index (χ0) is 19.3. The molecule has 0 spiro atoms. The number of ether oxygens (including phenoxy) is 2. The molecule has 26 heavy (non-hydrogen) atoms. The zero-order valence-corrected chi connectivity index (χ0v) is 16.1. The molecule has 1 heterocycles. The molecule has 0 bridgehead atoms. The van der Waals surface area contributed by atoms with Gasteiger partial charge in [0.15, 0.2) is 16.4 Å². The average Bonchev–Trinajstić information content (AvgIpc) is 2.96. The summed E-state index contributed by atoms with van der Waals surface area (Å²) in [4.78, 5) is 26.4. The topological polar surface area (TPSA) is 90.0 Å². The van der Waals surface area contributed by atoms with Crippen molar-refractivity contribution in [2.45, 2.75) is 26.3 Å². The SMILES string of the molecule is COc1ccccc1C(=O)OCC(=O)N(CC(C)C)[C@@H]1CCS(=O)(=O)C1. The van der Waals surface area contributed by atoms with Crippen LogP contribution < -0.4 is 4.74 Å². The Hall–Kier alpha value is -2.09. The summed E-state index contributed by atoms with van der Waals surface area (Å²) in [6, 6.07) is 6.23. The van der Waals surface area contributed by atoms with E-state index in [-0.39, 0.29) is 34.9 Å². The number of nitrogens with zero attached hydrogens (tertiary/aromatic N) is 1. The Morgan fingerprint density at radius 2 is 1.96 bits per heavy atom. The molecule has 0 aromatic heterocycles. The number of esters is 1. The molecule has 1 amide bonds. The van der Waals surface area contributed by atoms with E-state index < -0.39 is 22.4 Å². The number of para-hydroxylation sites is 1. The molecule has 0 radical (unpaired) electrons. The third-order valence-corrected chi connectivity index (χ3v) is 5.94. The molecule has 1 aliphatic heterocycles. The van der Waals surface area contributed by atoms with Gasteiger partial charge in [-0.05, 0) is 24.5 Å². The van der Waals surface area contributed by atoms with E-state index >= 15 is 0 Å². The Kier molecular flexibility index (Phi) is 6.63. The van der Waals surface area contributed by atoms with Gasteiger partial charge >= 0.3 is 5.97 Å². The summed E-state index contributed by atoms with van der Waals surface area (Å²) >= 11 is 0. The lowest BCUT2D eigenvalue weighted by Crippen LogP contribution is -2.45. The quantitative estimate of drug-likeness (QED) is 0.663. The Morgan fingerprint density at radius 1 is 1.27 bits per heavy atom. The molecular formula is C18H25NO6S. The van der Waals surface area contributed by atoms with E-state index in [1.54, 1.807) is 24.3 Å². The number of hydrogen-bond acceptors (Lipinski definition) is 6. The maximum Gasteiger partial charge on any atom is 0.342 e. The van der Waals surface area contributed by atoms with Crippen molar-refractivity contribution in [3.05, 3.63) is 29.8 Å². The highest BCUT2D eigenvalue weighted by Gasteiger charge is 2.35. The van der Waals surface area contributed by atoms with Gasteiger partial charge < -0.3 is 14.4 Å².